The first-order valence-electron chi connectivity index (χ1n) is 9.42. The van der Waals surface area contributed by atoms with E-state index in [4.69, 9.17) is 9.47 Å². The van der Waals surface area contributed by atoms with Gasteiger partial charge in [0.25, 0.3) is 0 Å². The first kappa shape index (κ1) is 21.4. The zero-order valence-corrected chi connectivity index (χ0v) is 16.2. The number of alkyl carbamates (subject to hydrolysis) is 1. The van der Waals surface area contributed by atoms with Gasteiger partial charge in [0.15, 0.2) is 5.78 Å². The summed E-state index contributed by atoms with van der Waals surface area (Å²) in [6.45, 7) is 2.71. The number of allylic oxidation sites excluding steroid dienone is 1. The second-order valence-electron chi connectivity index (χ2n) is 6.44. The highest BCUT2D eigenvalue weighted by molar-refractivity contribution is 5.87. The lowest BCUT2D eigenvalue weighted by Crippen LogP contribution is -2.26. The zero-order valence-electron chi connectivity index (χ0n) is 16.2. The van der Waals surface area contributed by atoms with Gasteiger partial charge in [0.05, 0.1) is 12.7 Å². The Hall–Kier alpha value is -2.92. The second kappa shape index (κ2) is 12.5. The summed E-state index contributed by atoms with van der Waals surface area (Å²) in [7, 11) is 0. The molecule has 2 aromatic carbocycles. The minimum atomic E-state index is -0.440. The summed E-state index contributed by atoms with van der Waals surface area (Å²) in [5.74, 6) is -0.0177. The highest BCUT2D eigenvalue weighted by Gasteiger charge is 2.08. The highest BCUT2D eigenvalue weighted by Crippen LogP contribution is 2.09. The molecule has 5 heteroatoms. The van der Waals surface area contributed by atoms with E-state index in [1.54, 1.807) is 6.08 Å². The number of nitrogens with one attached hydrogen (secondary N) is 1. The molecule has 2 aromatic rings. The van der Waals surface area contributed by atoms with E-state index in [-0.39, 0.29) is 18.5 Å². The monoisotopic (exact) mass is 381 g/mol. The van der Waals surface area contributed by atoms with E-state index in [2.05, 4.69) is 5.32 Å². The van der Waals surface area contributed by atoms with Gasteiger partial charge in [0.1, 0.15) is 6.61 Å². The minimum Gasteiger partial charge on any atom is -0.445 e. The molecule has 0 aromatic heterocycles. The van der Waals surface area contributed by atoms with E-state index in [9.17, 15) is 9.59 Å². The summed E-state index contributed by atoms with van der Waals surface area (Å²) >= 11 is 0. The van der Waals surface area contributed by atoms with Crippen LogP contribution in [0, 0.1) is 0 Å². The second-order valence-corrected chi connectivity index (χ2v) is 6.44. The van der Waals surface area contributed by atoms with Gasteiger partial charge >= 0.3 is 6.09 Å². The number of benzene rings is 2. The van der Waals surface area contributed by atoms with E-state index < -0.39 is 6.09 Å². The number of hydrogen-bond acceptors (Lipinski definition) is 4. The molecule has 0 spiro atoms. The average Bonchev–Trinajstić information content (AvgIpc) is 2.72. The quantitative estimate of drug-likeness (QED) is 0.462. The maximum Gasteiger partial charge on any atom is 0.407 e. The molecule has 0 radical (unpaired) electrons. The van der Waals surface area contributed by atoms with Crippen molar-refractivity contribution in [3.63, 3.8) is 0 Å². The van der Waals surface area contributed by atoms with Gasteiger partial charge in [-0.3, -0.25) is 4.79 Å². The van der Waals surface area contributed by atoms with Crippen LogP contribution in [0.15, 0.2) is 72.8 Å². The average molecular weight is 381 g/mol. The number of ether oxygens (including phenoxy) is 2. The number of hydrogen-bond donors (Lipinski definition) is 1. The Morgan fingerprint density at radius 3 is 2.18 bits per heavy atom. The number of rotatable bonds is 11. The molecule has 2 rings (SSSR count). The molecular weight excluding hydrogens is 354 g/mol. The zero-order chi connectivity index (χ0) is 20.0. The van der Waals surface area contributed by atoms with Gasteiger partial charge in [0, 0.05) is 6.54 Å². The molecule has 1 amide bonds. The minimum absolute atomic E-state index is 0.0177. The van der Waals surface area contributed by atoms with Crippen molar-refractivity contribution < 1.29 is 19.1 Å². The topological polar surface area (TPSA) is 64.6 Å². The van der Waals surface area contributed by atoms with Crippen molar-refractivity contribution in [2.75, 3.05) is 6.54 Å². The van der Waals surface area contributed by atoms with Crippen molar-refractivity contribution in [1.82, 2.24) is 5.32 Å². The summed E-state index contributed by atoms with van der Waals surface area (Å²) in [6, 6.07) is 19.4. The summed E-state index contributed by atoms with van der Waals surface area (Å²) in [5.41, 5.74) is 2.02. The molecule has 0 aliphatic carbocycles. The fourth-order valence-corrected chi connectivity index (χ4v) is 2.52. The molecule has 0 bridgehead atoms. The molecule has 28 heavy (non-hydrogen) atoms. The van der Waals surface area contributed by atoms with Gasteiger partial charge in [-0.15, -0.1) is 0 Å². The van der Waals surface area contributed by atoms with Crippen LogP contribution in [0.5, 0.6) is 0 Å². The van der Waals surface area contributed by atoms with E-state index >= 15 is 0 Å². The number of amides is 1. The van der Waals surface area contributed by atoms with Crippen molar-refractivity contribution >= 4 is 11.9 Å². The largest absolute Gasteiger partial charge is 0.445 e. The molecule has 1 N–H and O–H groups in total. The van der Waals surface area contributed by atoms with Crippen molar-refractivity contribution in [2.24, 2.45) is 0 Å². The van der Waals surface area contributed by atoms with E-state index in [1.165, 1.54) is 13.0 Å². The van der Waals surface area contributed by atoms with Crippen LogP contribution in [-0.2, 0) is 27.5 Å². The molecule has 5 nitrogen and oxygen atoms in total. The molecule has 0 fully saturated rings. The lowest BCUT2D eigenvalue weighted by atomic mass is 10.1. The lowest BCUT2D eigenvalue weighted by Gasteiger charge is -2.15. The van der Waals surface area contributed by atoms with Crippen molar-refractivity contribution in [3.05, 3.63) is 83.9 Å². The van der Waals surface area contributed by atoms with Crippen LogP contribution in [0.25, 0.3) is 0 Å². The normalized spacial score (nSPS) is 11.9. The first-order chi connectivity index (χ1) is 13.6. The van der Waals surface area contributed by atoms with Crippen LogP contribution in [0.1, 0.15) is 30.9 Å². The van der Waals surface area contributed by atoms with Gasteiger partial charge in [0.2, 0.25) is 0 Å². The van der Waals surface area contributed by atoms with E-state index in [0.717, 1.165) is 11.1 Å². The summed E-state index contributed by atoms with van der Waals surface area (Å²) in [5, 5.41) is 2.74. The molecule has 1 unspecified atom stereocenters. The Labute approximate surface area is 166 Å². The molecule has 0 saturated carbocycles. The Balaban J connectivity index is 1.69. The summed E-state index contributed by atoms with van der Waals surface area (Å²) < 4.78 is 11.1. The fourth-order valence-electron chi connectivity index (χ4n) is 2.52. The van der Waals surface area contributed by atoms with Crippen LogP contribution in [0.4, 0.5) is 4.79 Å². The van der Waals surface area contributed by atoms with Gasteiger partial charge in [-0.05, 0) is 37.0 Å². The van der Waals surface area contributed by atoms with Crippen molar-refractivity contribution in [2.45, 2.75) is 39.1 Å². The van der Waals surface area contributed by atoms with Gasteiger partial charge in [-0.1, -0.05) is 66.7 Å². The Morgan fingerprint density at radius 2 is 1.57 bits per heavy atom. The van der Waals surface area contributed by atoms with E-state index in [1.807, 2.05) is 60.7 Å². The summed E-state index contributed by atoms with van der Waals surface area (Å²) in [6.07, 6.45) is 4.07. The predicted octanol–water partition coefficient (Wildman–Crippen LogP) is 4.42. The third-order valence-electron chi connectivity index (χ3n) is 4.00. The van der Waals surface area contributed by atoms with E-state index in [0.29, 0.717) is 26.0 Å². The highest BCUT2D eigenvalue weighted by atomic mass is 16.5. The molecule has 0 aliphatic heterocycles. The number of carbonyl (C=O) groups excluding carboxylic acids is 2. The fraction of sp³-hybridized carbons (Fsp3) is 0.304. The predicted molar refractivity (Wildman–Crippen MR) is 109 cm³/mol. The number of ketones is 1. The smallest absolute Gasteiger partial charge is 0.407 e. The van der Waals surface area contributed by atoms with Crippen molar-refractivity contribution in [3.8, 4) is 0 Å². The maximum absolute atomic E-state index is 11.8. The van der Waals surface area contributed by atoms with Crippen LogP contribution in [-0.4, -0.2) is 24.5 Å². The SMILES string of the molecule is CC(=O)/C=C/C(CCCNC(=O)OCc1ccccc1)OCc1ccccc1. The van der Waals surface area contributed by atoms with Gasteiger partial charge < -0.3 is 14.8 Å². The van der Waals surface area contributed by atoms with Crippen LogP contribution >= 0.6 is 0 Å². The molecule has 0 heterocycles. The molecule has 148 valence electrons. The Bertz CT molecular complexity index is 744. The lowest BCUT2D eigenvalue weighted by molar-refractivity contribution is -0.112. The Kier molecular flexibility index (Phi) is 9.52. The number of carbonyl (C=O) groups is 2. The maximum atomic E-state index is 11.8. The first-order valence-corrected chi connectivity index (χ1v) is 9.42. The molecule has 1 atom stereocenters. The standard InChI is InChI=1S/C23H27NO4/c1-19(25)14-15-22(27-17-20-9-4-2-5-10-20)13-8-16-24-23(26)28-18-21-11-6-3-7-12-21/h2-7,9-12,14-15,22H,8,13,16-18H2,1H3,(H,24,26)/b15-14+. The Morgan fingerprint density at radius 1 is 0.964 bits per heavy atom. The van der Waals surface area contributed by atoms with Crippen LogP contribution in [0.2, 0.25) is 0 Å². The molecule has 0 saturated heterocycles. The van der Waals surface area contributed by atoms with Gasteiger partial charge in [-0.25, -0.2) is 4.79 Å². The third-order valence-corrected chi connectivity index (χ3v) is 4.00. The van der Waals surface area contributed by atoms with Gasteiger partial charge in [-0.2, -0.15) is 0 Å². The van der Waals surface area contributed by atoms with Crippen LogP contribution < -0.4 is 5.32 Å². The molecule has 0 aliphatic rings. The van der Waals surface area contributed by atoms with Crippen molar-refractivity contribution in [1.29, 1.82) is 0 Å². The third kappa shape index (κ3) is 9.14. The summed E-state index contributed by atoms with van der Waals surface area (Å²) in [4.78, 5) is 23.0. The van der Waals surface area contributed by atoms with Crippen LogP contribution in [0.3, 0.4) is 0 Å². The molecular formula is C23H27NO4.